The summed E-state index contributed by atoms with van der Waals surface area (Å²) in [6, 6.07) is 9.93. The Labute approximate surface area is 66.1 Å². The van der Waals surface area contributed by atoms with E-state index in [1.54, 1.807) is 6.92 Å². The van der Waals surface area contributed by atoms with Crippen molar-refractivity contribution < 1.29 is 4.79 Å². The van der Waals surface area contributed by atoms with E-state index in [4.69, 9.17) is 5.53 Å². The van der Waals surface area contributed by atoms with Gasteiger partial charge in [0.05, 0.1) is 6.42 Å². The van der Waals surface area contributed by atoms with Gasteiger partial charge in [-0.15, -0.1) is 0 Å². The van der Waals surface area contributed by atoms with E-state index < -0.39 is 0 Å². The molecule has 0 fully saturated rings. The molecule has 0 aliphatic rings. The zero-order valence-corrected chi connectivity index (χ0v) is 6.49. The second-order valence-corrected chi connectivity index (χ2v) is 2.50. The lowest BCUT2D eigenvalue weighted by atomic mass is 10.1. The van der Waals surface area contributed by atoms with E-state index in [0.29, 0.717) is 0 Å². The zero-order valence-electron chi connectivity index (χ0n) is 6.49. The molecule has 1 rings (SSSR count). The molecule has 1 aromatic rings. The van der Waals surface area contributed by atoms with Gasteiger partial charge in [-0.2, -0.15) is 4.79 Å². The van der Waals surface area contributed by atoms with Gasteiger partial charge in [-0.25, -0.2) is 0 Å². The summed E-state index contributed by atoms with van der Waals surface area (Å²) < 4.78 is 0. The van der Waals surface area contributed by atoms with Crippen LogP contribution in [0, 0.1) is 0 Å². The van der Waals surface area contributed by atoms with E-state index in [0.717, 1.165) is 12.1 Å². The van der Waals surface area contributed by atoms with Crippen LogP contribution in [0.4, 0.5) is 0 Å². The van der Waals surface area contributed by atoms with Crippen molar-refractivity contribution in [3.8, 4) is 0 Å². The molecule has 0 heterocycles. The fourth-order valence-corrected chi connectivity index (χ4v) is 0.927. The predicted molar refractivity (Wildman–Crippen MR) is 44.4 cm³/mol. The minimum Gasteiger partial charge on any atom is -0.362 e. The number of hydrogen-bond donors (Lipinski definition) is 0. The maximum atomic E-state index is 8.38. The van der Waals surface area contributed by atoms with Crippen molar-refractivity contribution in [3.05, 3.63) is 41.4 Å². The summed E-state index contributed by atoms with van der Waals surface area (Å²) in [4.78, 5) is 3.10. The summed E-state index contributed by atoms with van der Waals surface area (Å²) in [5, 5.41) is 0. The number of benzene rings is 1. The topological polar surface area (TPSA) is 36.4 Å². The summed E-state index contributed by atoms with van der Waals surface area (Å²) in [7, 11) is 0. The molecule has 11 heavy (non-hydrogen) atoms. The van der Waals surface area contributed by atoms with Crippen LogP contribution >= 0.6 is 0 Å². The molecule has 0 atom stereocenters. The van der Waals surface area contributed by atoms with Gasteiger partial charge in [0.25, 0.3) is 5.71 Å². The van der Waals surface area contributed by atoms with Crippen LogP contribution in [-0.4, -0.2) is 10.5 Å². The minimum atomic E-state index is 0.720. The Morgan fingerprint density at radius 1 is 1.36 bits per heavy atom. The molecule has 0 N–H and O–H groups in total. The van der Waals surface area contributed by atoms with Gasteiger partial charge in [-0.1, -0.05) is 30.3 Å². The number of hydrogen-bond acceptors (Lipinski definition) is 0. The highest BCUT2D eigenvalue weighted by Gasteiger charge is 1.99. The van der Waals surface area contributed by atoms with Crippen LogP contribution < -0.4 is 0 Å². The standard InChI is InChI=1S/C9H10N2/c1-8(11-10)7-9-5-3-2-4-6-9/h2-6H,7H2,1H3. The summed E-state index contributed by atoms with van der Waals surface area (Å²) in [5.74, 6) is 0. The molecule has 0 bridgehead atoms. The first-order valence-corrected chi connectivity index (χ1v) is 3.54. The highest BCUT2D eigenvalue weighted by atomic mass is 14.8. The van der Waals surface area contributed by atoms with Crippen molar-refractivity contribution in [2.45, 2.75) is 13.3 Å². The minimum absolute atomic E-state index is 0.720. The van der Waals surface area contributed by atoms with Crippen molar-refractivity contribution in [1.82, 2.24) is 0 Å². The Balaban J connectivity index is 2.73. The Morgan fingerprint density at radius 2 is 2.00 bits per heavy atom. The lowest BCUT2D eigenvalue weighted by molar-refractivity contribution is -0.00809. The zero-order chi connectivity index (χ0) is 8.10. The molecule has 2 heteroatoms. The van der Waals surface area contributed by atoms with Crippen molar-refractivity contribution in [3.63, 3.8) is 0 Å². The van der Waals surface area contributed by atoms with Crippen molar-refractivity contribution in [2.24, 2.45) is 0 Å². The quantitative estimate of drug-likeness (QED) is 0.347. The highest BCUT2D eigenvalue weighted by molar-refractivity contribution is 5.78. The monoisotopic (exact) mass is 146 g/mol. The summed E-state index contributed by atoms with van der Waals surface area (Å²) in [5.41, 5.74) is 10.3. The van der Waals surface area contributed by atoms with Crippen LogP contribution in [0.1, 0.15) is 12.5 Å². The van der Waals surface area contributed by atoms with Crippen molar-refractivity contribution in [2.75, 3.05) is 0 Å². The molecule has 56 valence electrons. The maximum Gasteiger partial charge on any atom is 0.270 e. The second kappa shape index (κ2) is 3.69. The van der Waals surface area contributed by atoms with E-state index in [1.807, 2.05) is 30.3 Å². The molecule has 0 radical (unpaired) electrons. The van der Waals surface area contributed by atoms with Gasteiger partial charge >= 0.3 is 0 Å². The van der Waals surface area contributed by atoms with E-state index in [2.05, 4.69) is 4.79 Å². The van der Waals surface area contributed by atoms with Crippen LogP contribution in [-0.2, 0) is 6.42 Å². The first-order chi connectivity index (χ1) is 5.33. The first-order valence-electron chi connectivity index (χ1n) is 3.54. The normalized spacial score (nSPS) is 8.82. The largest absolute Gasteiger partial charge is 0.362 e. The second-order valence-electron chi connectivity index (χ2n) is 2.50. The molecule has 0 saturated carbocycles. The average molecular weight is 146 g/mol. The van der Waals surface area contributed by atoms with E-state index >= 15 is 0 Å². The van der Waals surface area contributed by atoms with E-state index in [1.165, 1.54) is 5.56 Å². The third-order valence-electron chi connectivity index (χ3n) is 1.47. The molecule has 0 aliphatic heterocycles. The van der Waals surface area contributed by atoms with Gasteiger partial charge in [-0.05, 0) is 5.56 Å². The lowest BCUT2D eigenvalue weighted by Crippen LogP contribution is -1.97. The molecule has 2 nitrogen and oxygen atoms in total. The maximum absolute atomic E-state index is 8.38. The van der Waals surface area contributed by atoms with Gasteiger partial charge < -0.3 is 5.53 Å². The third-order valence-corrected chi connectivity index (χ3v) is 1.47. The van der Waals surface area contributed by atoms with Gasteiger partial charge in [0, 0.05) is 6.92 Å². The van der Waals surface area contributed by atoms with Crippen LogP contribution in [0.15, 0.2) is 30.3 Å². The van der Waals surface area contributed by atoms with E-state index in [9.17, 15) is 0 Å². The fraction of sp³-hybridized carbons (Fsp3) is 0.222. The average Bonchev–Trinajstić information content (AvgIpc) is 2.06. The molecule has 0 saturated heterocycles. The Kier molecular flexibility index (Phi) is 2.59. The summed E-state index contributed by atoms with van der Waals surface area (Å²) >= 11 is 0. The summed E-state index contributed by atoms with van der Waals surface area (Å²) in [6.45, 7) is 1.80. The molecule has 0 unspecified atom stereocenters. The van der Waals surface area contributed by atoms with Crippen LogP contribution in [0.3, 0.4) is 0 Å². The molecular weight excluding hydrogens is 136 g/mol. The van der Waals surface area contributed by atoms with Gasteiger partial charge in [0.1, 0.15) is 0 Å². The van der Waals surface area contributed by atoms with Crippen LogP contribution in [0.5, 0.6) is 0 Å². The lowest BCUT2D eigenvalue weighted by Gasteiger charge is -1.91. The molecular formula is C9H10N2. The van der Waals surface area contributed by atoms with Crippen LogP contribution in [0.25, 0.3) is 5.53 Å². The smallest absolute Gasteiger partial charge is 0.270 e. The Bertz CT molecular complexity index is 271. The third kappa shape index (κ3) is 2.36. The summed E-state index contributed by atoms with van der Waals surface area (Å²) in [6.07, 6.45) is 0.720. The number of nitrogens with zero attached hydrogens (tertiary/aromatic N) is 2. The molecule has 0 aromatic heterocycles. The Morgan fingerprint density at radius 3 is 2.55 bits per heavy atom. The Hall–Kier alpha value is -1.40. The number of rotatable bonds is 2. The van der Waals surface area contributed by atoms with Gasteiger partial charge in [-0.3, -0.25) is 0 Å². The van der Waals surface area contributed by atoms with Crippen molar-refractivity contribution in [1.29, 1.82) is 0 Å². The highest BCUT2D eigenvalue weighted by Crippen LogP contribution is 1.99. The molecule has 0 aliphatic carbocycles. The molecule has 0 spiro atoms. The predicted octanol–water partition coefficient (Wildman–Crippen LogP) is 1.92. The first kappa shape index (κ1) is 7.70. The molecule has 0 amide bonds. The van der Waals surface area contributed by atoms with Crippen LogP contribution in [0.2, 0.25) is 0 Å². The fourth-order valence-electron chi connectivity index (χ4n) is 0.927. The van der Waals surface area contributed by atoms with E-state index in [-0.39, 0.29) is 0 Å². The SMILES string of the molecule is CC(Cc1ccccc1)=[N+]=[N-]. The van der Waals surface area contributed by atoms with Gasteiger partial charge in [0.15, 0.2) is 0 Å². The van der Waals surface area contributed by atoms with Crippen molar-refractivity contribution >= 4 is 5.71 Å². The van der Waals surface area contributed by atoms with Gasteiger partial charge in [0.2, 0.25) is 0 Å². The molecule has 1 aromatic carbocycles.